The van der Waals surface area contributed by atoms with Crippen LogP contribution in [0.25, 0.3) is 0 Å². The molecule has 8 heteroatoms. The van der Waals surface area contributed by atoms with Gasteiger partial charge in [-0.15, -0.1) is 35.3 Å². The van der Waals surface area contributed by atoms with Gasteiger partial charge in [0.2, 0.25) is 0 Å². The maximum Gasteiger partial charge on any atom is 0.194 e. The number of thiophene rings is 1. The van der Waals surface area contributed by atoms with Crippen molar-refractivity contribution in [1.29, 1.82) is 0 Å². The average Bonchev–Trinajstić information content (AvgIpc) is 3.22. The minimum Gasteiger partial charge on any atom is -0.496 e. The Labute approximate surface area is 189 Å². The van der Waals surface area contributed by atoms with E-state index in [4.69, 9.17) is 9.73 Å². The lowest BCUT2D eigenvalue weighted by atomic mass is 10.1. The van der Waals surface area contributed by atoms with E-state index in [0.717, 1.165) is 61.3 Å². The highest BCUT2D eigenvalue weighted by Crippen LogP contribution is 2.25. The van der Waals surface area contributed by atoms with E-state index in [0.29, 0.717) is 6.54 Å². The van der Waals surface area contributed by atoms with Crippen LogP contribution in [0.1, 0.15) is 23.7 Å². The van der Waals surface area contributed by atoms with Crippen LogP contribution in [0.3, 0.4) is 0 Å². The van der Waals surface area contributed by atoms with Crippen LogP contribution in [-0.2, 0) is 6.54 Å². The fourth-order valence-corrected chi connectivity index (χ4v) is 4.18. The molecule has 0 radical (unpaired) electrons. The van der Waals surface area contributed by atoms with Crippen molar-refractivity contribution in [3.63, 3.8) is 0 Å². The van der Waals surface area contributed by atoms with E-state index in [1.54, 1.807) is 18.4 Å². The number of nitrogens with one attached hydrogen (secondary N) is 1. The number of guanidine groups is 1. The molecule has 1 aliphatic rings. The first-order valence-electron chi connectivity index (χ1n) is 9.44. The van der Waals surface area contributed by atoms with E-state index in [2.05, 4.69) is 51.5 Å². The molecule has 0 atom stereocenters. The van der Waals surface area contributed by atoms with Crippen LogP contribution in [0.4, 0.5) is 5.00 Å². The summed E-state index contributed by atoms with van der Waals surface area (Å²) in [6, 6.07) is 4.31. The minimum atomic E-state index is 0. The van der Waals surface area contributed by atoms with Crippen LogP contribution in [-0.4, -0.2) is 55.7 Å². The Kier molecular flexibility index (Phi) is 8.81. The molecule has 0 bridgehead atoms. The van der Waals surface area contributed by atoms with Crippen LogP contribution >= 0.6 is 35.3 Å². The first-order chi connectivity index (χ1) is 13.1. The molecule has 1 saturated heterocycles. The van der Waals surface area contributed by atoms with Gasteiger partial charge in [0.25, 0.3) is 0 Å². The fraction of sp³-hybridized carbons (Fsp3) is 0.500. The summed E-state index contributed by atoms with van der Waals surface area (Å²) in [6.45, 7) is 11.5. The Balaban J connectivity index is 0.00000280. The number of ether oxygens (including phenoxy) is 1. The van der Waals surface area contributed by atoms with Crippen molar-refractivity contribution in [2.75, 3.05) is 44.7 Å². The first kappa shape index (κ1) is 22.7. The van der Waals surface area contributed by atoms with Gasteiger partial charge in [0.1, 0.15) is 5.75 Å². The third-order valence-electron chi connectivity index (χ3n) is 4.86. The molecule has 6 nitrogen and oxygen atoms in total. The number of hydrogen-bond donors (Lipinski definition) is 1. The molecular weight excluding hydrogens is 485 g/mol. The molecule has 0 amide bonds. The Hall–Kier alpha value is -1.55. The molecule has 1 N–H and O–H groups in total. The zero-order valence-corrected chi connectivity index (χ0v) is 20.2. The van der Waals surface area contributed by atoms with Gasteiger partial charge in [-0.3, -0.25) is 4.98 Å². The van der Waals surface area contributed by atoms with E-state index in [-0.39, 0.29) is 24.0 Å². The summed E-state index contributed by atoms with van der Waals surface area (Å²) < 4.78 is 5.52. The highest BCUT2D eigenvalue weighted by Gasteiger charge is 2.20. The number of rotatable bonds is 5. The Morgan fingerprint density at radius 2 is 2.04 bits per heavy atom. The van der Waals surface area contributed by atoms with E-state index < -0.39 is 0 Å². The number of pyridine rings is 1. The van der Waals surface area contributed by atoms with Gasteiger partial charge in [0.05, 0.1) is 24.3 Å². The van der Waals surface area contributed by atoms with Gasteiger partial charge in [-0.05, 0) is 38.3 Å². The average molecular weight is 515 g/mol. The molecule has 154 valence electrons. The quantitative estimate of drug-likeness (QED) is 0.374. The molecular formula is C20H30IN5OS. The second kappa shape index (κ2) is 10.8. The summed E-state index contributed by atoms with van der Waals surface area (Å²) in [7, 11) is 1.71. The highest BCUT2D eigenvalue weighted by molar-refractivity contribution is 14.0. The van der Waals surface area contributed by atoms with Gasteiger partial charge >= 0.3 is 0 Å². The van der Waals surface area contributed by atoms with Gasteiger partial charge < -0.3 is 19.9 Å². The number of aromatic nitrogens is 1. The molecule has 2 aromatic rings. The number of anilines is 1. The van der Waals surface area contributed by atoms with E-state index in [9.17, 15) is 0 Å². The molecule has 0 aliphatic carbocycles. The molecule has 3 rings (SSSR count). The van der Waals surface area contributed by atoms with Crippen LogP contribution < -0.4 is 15.0 Å². The number of aryl methyl sites for hydroxylation is 1. The number of nitrogens with zero attached hydrogens (tertiary/aromatic N) is 4. The fourth-order valence-electron chi connectivity index (χ4n) is 3.39. The van der Waals surface area contributed by atoms with Crippen molar-refractivity contribution in [1.82, 2.24) is 15.2 Å². The van der Waals surface area contributed by atoms with Gasteiger partial charge in [-0.1, -0.05) is 0 Å². The van der Waals surface area contributed by atoms with E-state index in [1.807, 2.05) is 13.1 Å². The van der Waals surface area contributed by atoms with Crippen LogP contribution in [0.15, 0.2) is 28.7 Å². The SMILES string of the molecule is CCNC(=NCc1ncc(C)c(OC)c1C)N1CCN(c2cccs2)CC1.I. The lowest BCUT2D eigenvalue weighted by Crippen LogP contribution is -2.52. The summed E-state index contributed by atoms with van der Waals surface area (Å²) in [4.78, 5) is 14.2. The molecule has 3 heterocycles. The number of methoxy groups -OCH3 is 1. The molecule has 0 spiro atoms. The largest absolute Gasteiger partial charge is 0.496 e. The van der Waals surface area contributed by atoms with Crippen molar-refractivity contribution >= 4 is 46.3 Å². The van der Waals surface area contributed by atoms with Crippen LogP contribution in [0.5, 0.6) is 5.75 Å². The third-order valence-corrected chi connectivity index (χ3v) is 5.79. The summed E-state index contributed by atoms with van der Waals surface area (Å²) >= 11 is 1.80. The van der Waals surface area contributed by atoms with E-state index >= 15 is 0 Å². The number of hydrogen-bond acceptors (Lipinski definition) is 5. The Morgan fingerprint density at radius 3 is 2.64 bits per heavy atom. The van der Waals surface area contributed by atoms with Crippen molar-refractivity contribution in [3.05, 3.63) is 40.5 Å². The highest BCUT2D eigenvalue weighted by atomic mass is 127. The lowest BCUT2D eigenvalue weighted by molar-refractivity contribution is 0.373. The molecule has 1 aliphatic heterocycles. The molecule has 0 aromatic carbocycles. The zero-order valence-electron chi connectivity index (χ0n) is 17.1. The Morgan fingerprint density at radius 1 is 1.29 bits per heavy atom. The normalized spacial score (nSPS) is 14.6. The predicted octanol–water partition coefficient (Wildman–Crippen LogP) is 3.67. The summed E-state index contributed by atoms with van der Waals surface area (Å²) in [5.74, 6) is 1.87. The van der Waals surface area contributed by atoms with Gasteiger partial charge in [0, 0.05) is 50.0 Å². The zero-order chi connectivity index (χ0) is 19.2. The molecule has 2 aromatic heterocycles. The van der Waals surface area contributed by atoms with E-state index in [1.165, 1.54) is 5.00 Å². The van der Waals surface area contributed by atoms with Crippen molar-refractivity contribution in [3.8, 4) is 5.75 Å². The maximum absolute atomic E-state index is 5.52. The van der Waals surface area contributed by atoms with Gasteiger partial charge in [0.15, 0.2) is 5.96 Å². The van der Waals surface area contributed by atoms with Crippen molar-refractivity contribution < 1.29 is 4.74 Å². The monoisotopic (exact) mass is 515 g/mol. The first-order valence-corrected chi connectivity index (χ1v) is 10.3. The smallest absolute Gasteiger partial charge is 0.194 e. The van der Waals surface area contributed by atoms with Crippen LogP contribution in [0, 0.1) is 13.8 Å². The topological polar surface area (TPSA) is 53.0 Å². The lowest BCUT2D eigenvalue weighted by Gasteiger charge is -2.37. The van der Waals surface area contributed by atoms with Crippen molar-refractivity contribution in [2.24, 2.45) is 4.99 Å². The van der Waals surface area contributed by atoms with Crippen molar-refractivity contribution in [2.45, 2.75) is 27.3 Å². The standard InChI is InChI=1S/C20H29N5OS.HI/c1-5-21-20(23-14-17-16(3)19(26-4)15(2)13-22-17)25-10-8-24(9-11-25)18-7-6-12-27-18;/h6-7,12-13H,5,8-11,14H2,1-4H3,(H,21,23);1H. The number of aliphatic imine (C=N–C) groups is 1. The second-order valence-electron chi connectivity index (χ2n) is 6.64. The van der Waals surface area contributed by atoms with Gasteiger partial charge in [-0.2, -0.15) is 0 Å². The molecule has 0 saturated carbocycles. The minimum absolute atomic E-state index is 0. The summed E-state index contributed by atoms with van der Waals surface area (Å²) in [5, 5.41) is 6.92. The summed E-state index contributed by atoms with van der Waals surface area (Å²) in [5.41, 5.74) is 3.09. The number of piperazine rings is 1. The third kappa shape index (κ3) is 5.28. The Bertz CT molecular complexity index is 773. The summed E-state index contributed by atoms with van der Waals surface area (Å²) in [6.07, 6.45) is 1.86. The second-order valence-corrected chi connectivity index (χ2v) is 7.57. The van der Waals surface area contributed by atoms with Crippen LogP contribution in [0.2, 0.25) is 0 Å². The molecule has 0 unspecified atom stereocenters. The predicted molar refractivity (Wildman–Crippen MR) is 129 cm³/mol. The molecule has 28 heavy (non-hydrogen) atoms. The molecule has 1 fully saturated rings. The number of halogens is 1. The van der Waals surface area contributed by atoms with Gasteiger partial charge in [-0.25, -0.2) is 4.99 Å². The maximum atomic E-state index is 5.52.